The van der Waals surface area contributed by atoms with Gasteiger partial charge in [-0.1, -0.05) is 0 Å². The molecule has 0 aliphatic heterocycles. The topological polar surface area (TPSA) is 34.9 Å². The Hall–Kier alpha value is -1.33. The number of hydrogen-bond acceptors (Lipinski definition) is 2. The van der Waals surface area contributed by atoms with Crippen LogP contribution < -0.4 is 0 Å². The molecule has 0 aliphatic carbocycles. The van der Waals surface area contributed by atoms with Gasteiger partial charge in [0.2, 0.25) is 0 Å². The van der Waals surface area contributed by atoms with E-state index in [1.165, 1.54) is 18.5 Å². The summed E-state index contributed by atoms with van der Waals surface area (Å²) in [7, 11) is 0. The Balaban J connectivity index is 3.39. The Kier molecular flexibility index (Phi) is 3.11. The number of carbonyl (C=O) groups is 1. The van der Waals surface area contributed by atoms with Crippen LogP contribution >= 0.6 is 0 Å². The summed E-state index contributed by atoms with van der Waals surface area (Å²) in [5, 5.41) is 4.01. The van der Waals surface area contributed by atoms with Gasteiger partial charge in [0.25, 0.3) is 5.78 Å². The minimum atomic E-state index is -4.86. The lowest BCUT2D eigenvalue weighted by Gasteiger charge is -2.21. The first-order chi connectivity index (χ1) is 7.46. The lowest BCUT2D eigenvalue weighted by molar-refractivity contribution is -0.0886. The Morgan fingerprint density at radius 3 is 1.94 bits per heavy atom. The van der Waals surface area contributed by atoms with Gasteiger partial charge < -0.3 is 0 Å². The second-order valence-electron chi connectivity index (χ2n) is 4.96. The van der Waals surface area contributed by atoms with E-state index in [0.29, 0.717) is 0 Å². The van der Waals surface area contributed by atoms with Crippen LogP contribution in [0, 0.1) is 13.8 Å². The summed E-state index contributed by atoms with van der Waals surface area (Å²) >= 11 is 0. The summed E-state index contributed by atoms with van der Waals surface area (Å²) in [4.78, 5) is 11.3. The Bertz CT molecular complexity index is 453. The number of aryl methyl sites for hydroxylation is 1. The molecule has 1 aromatic rings. The van der Waals surface area contributed by atoms with E-state index in [-0.39, 0.29) is 17.0 Å². The first-order valence-corrected chi connectivity index (χ1v) is 5.14. The second-order valence-corrected chi connectivity index (χ2v) is 4.96. The minimum absolute atomic E-state index is 0.111. The van der Waals surface area contributed by atoms with E-state index in [1.54, 1.807) is 0 Å². The molecule has 0 saturated carbocycles. The van der Waals surface area contributed by atoms with Gasteiger partial charge in [0.05, 0.1) is 16.8 Å². The Labute approximate surface area is 97.6 Å². The Morgan fingerprint density at radius 2 is 1.65 bits per heavy atom. The van der Waals surface area contributed by atoms with Gasteiger partial charge in [0, 0.05) is 5.69 Å². The number of hydrogen-bond donors (Lipinski definition) is 0. The van der Waals surface area contributed by atoms with E-state index in [1.807, 2.05) is 20.8 Å². The maximum Gasteiger partial charge on any atom is 0.455 e. The van der Waals surface area contributed by atoms with Crippen LogP contribution in [0.1, 0.15) is 42.5 Å². The number of halogens is 3. The van der Waals surface area contributed by atoms with Crippen molar-refractivity contribution < 1.29 is 18.0 Å². The highest BCUT2D eigenvalue weighted by molar-refractivity contribution is 6.02. The van der Waals surface area contributed by atoms with E-state index in [4.69, 9.17) is 0 Å². The normalized spacial score (nSPS) is 12.9. The molecular formula is C11H15F3N2O. The van der Waals surface area contributed by atoms with E-state index in [9.17, 15) is 18.0 Å². The molecule has 17 heavy (non-hydrogen) atoms. The highest BCUT2D eigenvalue weighted by Crippen LogP contribution is 2.27. The standard InChI is InChI=1S/C11H15F3N2O/c1-6-8(9(17)11(12,13)14)7(2)16(15-6)10(3,4)5/h1-5H3. The number of alkyl halides is 3. The van der Waals surface area contributed by atoms with Gasteiger partial charge in [-0.15, -0.1) is 0 Å². The zero-order valence-electron chi connectivity index (χ0n) is 10.4. The van der Waals surface area contributed by atoms with Crippen LogP contribution in [0.3, 0.4) is 0 Å². The van der Waals surface area contributed by atoms with Crippen molar-refractivity contribution in [3.05, 3.63) is 17.0 Å². The second kappa shape index (κ2) is 3.85. The monoisotopic (exact) mass is 248 g/mol. The number of Topliss-reactive ketones (excluding diaryl/α,β-unsaturated/α-hetero) is 1. The first kappa shape index (κ1) is 13.7. The highest BCUT2D eigenvalue weighted by Gasteiger charge is 2.42. The highest BCUT2D eigenvalue weighted by atomic mass is 19.4. The van der Waals surface area contributed by atoms with E-state index >= 15 is 0 Å². The molecule has 0 saturated heterocycles. The maximum absolute atomic E-state index is 12.4. The van der Waals surface area contributed by atoms with Gasteiger partial charge in [0.1, 0.15) is 0 Å². The van der Waals surface area contributed by atoms with Gasteiger partial charge in [-0.2, -0.15) is 18.3 Å². The molecule has 1 aromatic heterocycles. The third-order valence-electron chi connectivity index (χ3n) is 2.41. The van der Waals surface area contributed by atoms with Crippen LogP contribution in [0.2, 0.25) is 0 Å². The first-order valence-electron chi connectivity index (χ1n) is 5.14. The molecule has 0 unspecified atom stereocenters. The van der Waals surface area contributed by atoms with Gasteiger partial charge in [-0.25, -0.2) is 0 Å². The van der Waals surface area contributed by atoms with Crippen molar-refractivity contribution in [2.24, 2.45) is 0 Å². The molecule has 1 rings (SSSR count). The predicted molar refractivity (Wildman–Crippen MR) is 57.1 cm³/mol. The Morgan fingerprint density at radius 1 is 1.18 bits per heavy atom. The van der Waals surface area contributed by atoms with Crippen molar-refractivity contribution in [3.8, 4) is 0 Å². The van der Waals surface area contributed by atoms with Crippen molar-refractivity contribution in [2.45, 2.75) is 46.3 Å². The molecule has 1 heterocycles. The third kappa shape index (κ3) is 2.50. The lowest BCUT2D eigenvalue weighted by Crippen LogP contribution is -2.26. The molecule has 0 fully saturated rings. The number of rotatable bonds is 1. The molecule has 0 radical (unpaired) electrons. The fourth-order valence-corrected chi connectivity index (χ4v) is 1.77. The van der Waals surface area contributed by atoms with Crippen LogP contribution in [-0.4, -0.2) is 21.7 Å². The molecule has 6 heteroatoms. The number of carbonyl (C=O) groups excluding carboxylic acids is 1. The van der Waals surface area contributed by atoms with Crippen LogP contribution in [0.15, 0.2) is 0 Å². The fourth-order valence-electron chi connectivity index (χ4n) is 1.77. The molecular weight excluding hydrogens is 233 g/mol. The molecule has 3 nitrogen and oxygen atoms in total. The van der Waals surface area contributed by atoms with Crippen LogP contribution in [0.5, 0.6) is 0 Å². The van der Waals surface area contributed by atoms with Gasteiger partial charge in [-0.05, 0) is 34.6 Å². The summed E-state index contributed by atoms with van der Waals surface area (Å²) in [5.41, 5.74) is -0.441. The molecule has 0 spiro atoms. The molecule has 0 aliphatic rings. The zero-order chi connectivity index (χ0) is 13.6. The molecule has 0 bridgehead atoms. The molecule has 0 aromatic carbocycles. The van der Waals surface area contributed by atoms with Gasteiger partial charge in [-0.3, -0.25) is 9.48 Å². The average Bonchev–Trinajstić information content (AvgIpc) is 2.38. The zero-order valence-corrected chi connectivity index (χ0v) is 10.4. The summed E-state index contributed by atoms with van der Waals surface area (Å²) in [5.74, 6) is -1.83. The van der Waals surface area contributed by atoms with Crippen LogP contribution in [0.4, 0.5) is 13.2 Å². The lowest BCUT2D eigenvalue weighted by atomic mass is 10.1. The third-order valence-corrected chi connectivity index (χ3v) is 2.41. The van der Waals surface area contributed by atoms with Crippen molar-refractivity contribution in [3.63, 3.8) is 0 Å². The summed E-state index contributed by atoms with van der Waals surface area (Å²) < 4.78 is 38.7. The van der Waals surface area contributed by atoms with Crippen molar-refractivity contribution in [1.82, 2.24) is 9.78 Å². The number of aromatic nitrogens is 2. The fraction of sp³-hybridized carbons (Fsp3) is 0.636. The van der Waals surface area contributed by atoms with E-state index in [0.717, 1.165) is 0 Å². The maximum atomic E-state index is 12.4. The van der Waals surface area contributed by atoms with Crippen molar-refractivity contribution in [2.75, 3.05) is 0 Å². The predicted octanol–water partition coefficient (Wildman–Crippen LogP) is 3.00. The summed E-state index contributed by atoms with van der Waals surface area (Å²) in [6, 6.07) is 0. The van der Waals surface area contributed by atoms with Gasteiger partial charge in [0.15, 0.2) is 0 Å². The van der Waals surface area contributed by atoms with E-state index < -0.39 is 17.5 Å². The van der Waals surface area contributed by atoms with Crippen LogP contribution in [0.25, 0.3) is 0 Å². The summed E-state index contributed by atoms with van der Waals surface area (Å²) in [6.07, 6.45) is -4.86. The molecule has 0 atom stereocenters. The molecule has 0 N–H and O–H groups in total. The van der Waals surface area contributed by atoms with Crippen LogP contribution in [-0.2, 0) is 5.54 Å². The quantitative estimate of drug-likeness (QED) is 0.716. The van der Waals surface area contributed by atoms with E-state index in [2.05, 4.69) is 5.10 Å². The van der Waals surface area contributed by atoms with Gasteiger partial charge >= 0.3 is 6.18 Å². The molecule has 0 amide bonds. The van der Waals surface area contributed by atoms with Crippen molar-refractivity contribution >= 4 is 5.78 Å². The SMILES string of the molecule is Cc1nn(C(C)(C)C)c(C)c1C(=O)C(F)(F)F. The minimum Gasteiger partial charge on any atom is -0.284 e. The largest absolute Gasteiger partial charge is 0.455 e. The average molecular weight is 248 g/mol. The smallest absolute Gasteiger partial charge is 0.284 e. The number of ketones is 1. The van der Waals surface area contributed by atoms with Crippen molar-refractivity contribution in [1.29, 1.82) is 0 Å². The number of nitrogens with zero attached hydrogens (tertiary/aromatic N) is 2. The summed E-state index contributed by atoms with van der Waals surface area (Å²) in [6.45, 7) is 8.33. The molecule has 96 valence electrons.